The van der Waals surface area contributed by atoms with Crippen LogP contribution in [0, 0.1) is 0 Å². The summed E-state index contributed by atoms with van der Waals surface area (Å²) in [6, 6.07) is 19.2. The third-order valence-corrected chi connectivity index (χ3v) is 4.69. The number of amides is 1. The van der Waals surface area contributed by atoms with Gasteiger partial charge in [-0.1, -0.05) is 42.5 Å². The number of hydrogen-bond donors (Lipinski definition) is 1. The topological polar surface area (TPSA) is 56.8 Å². The van der Waals surface area contributed by atoms with Crippen LogP contribution in [0.15, 0.2) is 60.7 Å². The Hall–Kier alpha value is -3.21. The van der Waals surface area contributed by atoms with Crippen molar-refractivity contribution in [1.29, 1.82) is 0 Å². The third-order valence-electron chi connectivity index (χ3n) is 4.69. The number of fused-ring (bicyclic) bond motifs is 1. The van der Waals surface area contributed by atoms with Crippen molar-refractivity contribution in [3.8, 4) is 17.2 Å². The fourth-order valence-corrected chi connectivity index (χ4v) is 3.08. The predicted molar refractivity (Wildman–Crippen MR) is 110 cm³/mol. The predicted octanol–water partition coefficient (Wildman–Crippen LogP) is 4.50. The maximum absolute atomic E-state index is 12.7. The number of nitrogens with one attached hydrogen (secondary N) is 1. The molecule has 0 saturated carbocycles. The molecule has 3 aromatic rings. The average molecular weight is 379 g/mol. The molecule has 0 aliphatic carbocycles. The normalized spacial score (nSPS) is 12.9. The van der Waals surface area contributed by atoms with E-state index in [-0.39, 0.29) is 11.9 Å². The Bertz CT molecular complexity index is 964. The summed E-state index contributed by atoms with van der Waals surface area (Å²) in [6.45, 7) is 3.67. The molecular weight excluding hydrogens is 354 g/mol. The highest BCUT2D eigenvalue weighted by Crippen LogP contribution is 2.30. The van der Waals surface area contributed by atoms with Crippen molar-refractivity contribution in [1.82, 2.24) is 5.32 Å². The summed E-state index contributed by atoms with van der Waals surface area (Å²) in [6.07, 6.45) is -0.631. The molecule has 0 fully saturated rings. The van der Waals surface area contributed by atoms with E-state index >= 15 is 0 Å². The molecule has 0 aromatic heterocycles. The van der Waals surface area contributed by atoms with Crippen LogP contribution in [-0.2, 0) is 4.79 Å². The van der Waals surface area contributed by atoms with Gasteiger partial charge in [0.15, 0.2) is 17.6 Å². The zero-order chi connectivity index (χ0) is 20.1. The molecular formula is C23H25NO4. The first-order valence-corrected chi connectivity index (χ1v) is 9.20. The van der Waals surface area contributed by atoms with Gasteiger partial charge in [0.1, 0.15) is 5.75 Å². The van der Waals surface area contributed by atoms with Crippen LogP contribution >= 0.6 is 0 Å². The second kappa shape index (κ2) is 8.65. The maximum atomic E-state index is 12.7. The van der Waals surface area contributed by atoms with Gasteiger partial charge in [0.2, 0.25) is 0 Å². The second-order valence-electron chi connectivity index (χ2n) is 6.58. The smallest absolute Gasteiger partial charge is 0.261 e. The molecule has 28 heavy (non-hydrogen) atoms. The van der Waals surface area contributed by atoms with Crippen LogP contribution in [0.25, 0.3) is 10.8 Å². The fourth-order valence-electron chi connectivity index (χ4n) is 3.08. The van der Waals surface area contributed by atoms with Gasteiger partial charge in [0.25, 0.3) is 5.91 Å². The van der Waals surface area contributed by atoms with Crippen molar-refractivity contribution in [2.24, 2.45) is 0 Å². The number of carbonyl (C=O) groups excluding carboxylic acids is 1. The van der Waals surface area contributed by atoms with Crippen LogP contribution in [0.1, 0.15) is 25.5 Å². The number of carbonyl (C=O) groups is 1. The summed E-state index contributed by atoms with van der Waals surface area (Å²) < 4.78 is 16.5. The molecule has 0 bridgehead atoms. The number of rotatable bonds is 7. The van der Waals surface area contributed by atoms with E-state index in [2.05, 4.69) is 5.32 Å². The van der Waals surface area contributed by atoms with E-state index in [0.717, 1.165) is 16.3 Å². The standard InChI is InChI=1S/C23H25NO4/c1-15(18-12-13-21(26-3)22(14-18)27-4)24-23(25)16(2)28-20-11-7-9-17-8-5-6-10-19(17)20/h5-16H,1-4H3,(H,24,25)/t15-,16-/m1/s1. The first-order chi connectivity index (χ1) is 13.5. The summed E-state index contributed by atoms with van der Waals surface area (Å²) in [7, 11) is 3.18. The number of ether oxygens (including phenoxy) is 3. The van der Waals surface area contributed by atoms with Crippen molar-refractivity contribution >= 4 is 16.7 Å². The molecule has 5 nitrogen and oxygen atoms in total. The average Bonchev–Trinajstić information content (AvgIpc) is 2.73. The van der Waals surface area contributed by atoms with Crippen LogP contribution in [-0.4, -0.2) is 26.2 Å². The molecule has 0 saturated heterocycles. The Kier molecular flexibility index (Phi) is 6.04. The van der Waals surface area contributed by atoms with Gasteiger partial charge >= 0.3 is 0 Å². The Balaban J connectivity index is 1.70. The minimum atomic E-state index is -0.631. The number of benzene rings is 3. The SMILES string of the molecule is COc1ccc([C@@H](C)NC(=O)[C@@H](C)Oc2cccc3ccccc23)cc1OC. The largest absolute Gasteiger partial charge is 0.493 e. The lowest BCUT2D eigenvalue weighted by atomic mass is 10.1. The van der Waals surface area contributed by atoms with Crippen LogP contribution in [0.2, 0.25) is 0 Å². The molecule has 0 spiro atoms. The molecule has 1 N–H and O–H groups in total. The van der Waals surface area contributed by atoms with Gasteiger partial charge in [-0.3, -0.25) is 4.79 Å². The van der Waals surface area contributed by atoms with Crippen molar-refractivity contribution in [3.63, 3.8) is 0 Å². The van der Waals surface area contributed by atoms with Crippen LogP contribution in [0.5, 0.6) is 17.2 Å². The molecule has 146 valence electrons. The highest BCUT2D eigenvalue weighted by Gasteiger charge is 2.19. The van der Waals surface area contributed by atoms with Gasteiger partial charge < -0.3 is 19.5 Å². The van der Waals surface area contributed by atoms with Gasteiger partial charge in [-0.05, 0) is 43.0 Å². The minimum Gasteiger partial charge on any atom is -0.493 e. The molecule has 2 atom stereocenters. The molecule has 3 rings (SSSR count). The van der Waals surface area contributed by atoms with E-state index in [9.17, 15) is 4.79 Å². The number of methoxy groups -OCH3 is 2. The van der Waals surface area contributed by atoms with Crippen LogP contribution in [0.4, 0.5) is 0 Å². The molecule has 0 aliphatic heterocycles. The van der Waals surface area contributed by atoms with Gasteiger partial charge in [-0.2, -0.15) is 0 Å². The highest BCUT2D eigenvalue weighted by atomic mass is 16.5. The summed E-state index contributed by atoms with van der Waals surface area (Å²) in [5, 5.41) is 5.05. The summed E-state index contributed by atoms with van der Waals surface area (Å²) in [5.74, 6) is 1.79. The second-order valence-corrected chi connectivity index (χ2v) is 6.58. The third kappa shape index (κ3) is 4.19. The Morgan fingerprint density at radius 1 is 0.857 bits per heavy atom. The molecule has 0 aliphatic rings. The first kappa shape index (κ1) is 19.5. The van der Waals surface area contributed by atoms with E-state index in [1.54, 1.807) is 21.1 Å². The lowest BCUT2D eigenvalue weighted by Gasteiger charge is -2.20. The molecule has 5 heteroatoms. The molecule has 0 heterocycles. The monoisotopic (exact) mass is 379 g/mol. The summed E-state index contributed by atoms with van der Waals surface area (Å²) in [4.78, 5) is 12.7. The zero-order valence-corrected chi connectivity index (χ0v) is 16.6. The quantitative estimate of drug-likeness (QED) is 0.657. The molecule has 0 unspecified atom stereocenters. The lowest BCUT2D eigenvalue weighted by Crippen LogP contribution is -2.37. The Morgan fingerprint density at radius 3 is 2.32 bits per heavy atom. The van der Waals surface area contributed by atoms with Crippen LogP contribution < -0.4 is 19.5 Å². The highest BCUT2D eigenvalue weighted by molar-refractivity contribution is 5.89. The van der Waals surface area contributed by atoms with Gasteiger partial charge in [0, 0.05) is 5.39 Å². The van der Waals surface area contributed by atoms with Crippen molar-refractivity contribution in [2.75, 3.05) is 14.2 Å². The van der Waals surface area contributed by atoms with E-state index in [1.807, 2.05) is 67.6 Å². The van der Waals surface area contributed by atoms with Crippen molar-refractivity contribution < 1.29 is 19.0 Å². The number of hydrogen-bond acceptors (Lipinski definition) is 4. The van der Waals surface area contributed by atoms with Gasteiger partial charge in [0.05, 0.1) is 20.3 Å². The minimum absolute atomic E-state index is 0.185. The molecule has 3 aromatic carbocycles. The van der Waals surface area contributed by atoms with Gasteiger partial charge in [-0.15, -0.1) is 0 Å². The van der Waals surface area contributed by atoms with Crippen molar-refractivity contribution in [3.05, 3.63) is 66.2 Å². The molecule has 1 amide bonds. The molecule has 0 radical (unpaired) electrons. The van der Waals surface area contributed by atoms with Crippen molar-refractivity contribution in [2.45, 2.75) is 26.0 Å². The lowest BCUT2D eigenvalue weighted by molar-refractivity contribution is -0.127. The van der Waals surface area contributed by atoms with E-state index in [4.69, 9.17) is 14.2 Å². The van der Waals surface area contributed by atoms with E-state index in [0.29, 0.717) is 17.2 Å². The van der Waals surface area contributed by atoms with Gasteiger partial charge in [-0.25, -0.2) is 0 Å². The van der Waals surface area contributed by atoms with E-state index in [1.165, 1.54) is 0 Å². The maximum Gasteiger partial charge on any atom is 0.261 e. The summed E-state index contributed by atoms with van der Waals surface area (Å²) in [5.41, 5.74) is 0.920. The Morgan fingerprint density at radius 2 is 1.57 bits per heavy atom. The first-order valence-electron chi connectivity index (χ1n) is 9.20. The Labute approximate surface area is 165 Å². The summed E-state index contributed by atoms with van der Waals surface area (Å²) >= 11 is 0. The van der Waals surface area contributed by atoms with E-state index < -0.39 is 6.10 Å². The van der Waals surface area contributed by atoms with Crippen LogP contribution in [0.3, 0.4) is 0 Å². The fraction of sp³-hybridized carbons (Fsp3) is 0.261. The zero-order valence-electron chi connectivity index (χ0n) is 16.6.